The average Bonchev–Trinajstić information content (AvgIpc) is 2.69. The van der Waals surface area contributed by atoms with Gasteiger partial charge in [-0.3, -0.25) is 9.59 Å². The molecular formula is C23H19ClF2N2O2. The molecule has 154 valence electrons. The minimum absolute atomic E-state index is 0.0283. The Balaban J connectivity index is 1.79. The number of hydrogen-bond acceptors (Lipinski definition) is 3. The molecule has 2 N–H and O–H groups in total. The first-order valence-electron chi connectivity index (χ1n) is 9.61. The van der Waals surface area contributed by atoms with Crippen LogP contribution in [0.25, 0.3) is 0 Å². The normalized spacial score (nSPS) is 18.8. The van der Waals surface area contributed by atoms with Gasteiger partial charge in [0.05, 0.1) is 5.69 Å². The Morgan fingerprint density at radius 2 is 1.97 bits per heavy atom. The second-order valence-electron chi connectivity index (χ2n) is 7.40. The molecule has 4 rings (SSSR count). The summed E-state index contributed by atoms with van der Waals surface area (Å²) in [5.74, 6) is -2.84. The summed E-state index contributed by atoms with van der Waals surface area (Å²) in [4.78, 5) is 26.1. The summed E-state index contributed by atoms with van der Waals surface area (Å²) >= 11 is 6.19. The van der Waals surface area contributed by atoms with E-state index in [4.69, 9.17) is 11.6 Å². The number of allylic oxidation sites excluding steroid dienone is 3. The molecule has 0 spiro atoms. The van der Waals surface area contributed by atoms with Gasteiger partial charge in [-0.25, -0.2) is 8.78 Å². The number of anilines is 1. The van der Waals surface area contributed by atoms with Crippen LogP contribution in [0.5, 0.6) is 0 Å². The zero-order valence-corrected chi connectivity index (χ0v) is 16.9. The molecule has 1 aliphatic heterocycles. The second-order valence-corrected chi connectivity index (χ2v) is 7.84. The van der Waals surface area contributed by atoms with Gasteiger partial charge in [0.25, 0.3) is 5.91 Å². The van der Waals surface area contributed by atoms with Crippen LogP contribution < -0.4 is 10.6 Å². The molecule has 2 aromatic rings. The van der Waals surface area contributed by atoms with E-state index in [1.54, 1.807) is 25.1 Å². The van der Waals surface area contributed by atoms with Gasteiger partial charge in [0.1, 0.15) is 11.6 Å². The summed E-state index contributed by atoms with van der Waals surface area (Å²) in [5, 5.41) is 6.20. The van der Waals surface area contributed by atoms with Crippen molar-refractivity contribution in [3.63, 3.8) is 0 Å². The molecule has 1 atom stereocenters. The fraction of sp³-hybridized carbons (Fsp3) is 0.217. The van der Waals surface area contributed by atoms with Crippen LogP contribution in [0.3, 0.4) is 0 Å². The van der Waals surface area contributed by atoms with Crippen LogP contribution in [0.1, 0.15) is 37.7 Å². The molecular weight excluding hydrogens is 410 g/mol. The Morgan fingerprint density at radius 3 is 2.70 bits per heavy atom. The first-order chi connectivity index (χ1) is 14.3. The van der Waals surface area contributed by atoms with Crippen molar-refractivity contribution in [2.45, 2.75) is 32.1 Å². The van der Waals surface area contributed by atoms with Gasteiger partial charge in [0, 0.05) is 46.0 Å². The molecule has 2 aliphatic rings. The lowest BCUT2D eigenvalue weighted by Gasteiger charge is -2.34. The summed E-state index contributed by atoms with van der Waals surface area (Å²) in [6.45, 7) is 1.75. The van der Waals surface area contributed by atoms with E-state index in [0.717, 1.165) is 18.2 Å². The van der Waals surface area contributed by atoms with Crippen LogP contribution in [0.15, 0.2) is 65.0 Å². The number of carbonyl (C=O) groups excluding carboxylic acids is 2. The third-order valence-electron chi connectivity index (χ3n) is 5.38. The van der Waals surface area contributed by atoms with Crippen molar-refractivity contribution in [2.24, 2.45) is 0 Å². The predicted octanol–water partition coefficient (Wildman–Crippen LogP) is 5.22. The zero-order chi connectivity index (χ0) is 21.4. The van der Waals surface area contributed by atoms with Gasteiger partial charge in [0.15, 0.2) is 5.78 Å². The van der Waals surface area contributed by atoms with Crippen LogP contribution in [0, 0.1) is 11.6 Å². The van der Waals surface area contributed by atoms with E-state index in [2.05, 4.69) is 10.6 Å². The van der Waals surface area contributed by atoms with E-state index >= 15 is 0 Å². The number of halogens is 3. The van der Waals surface area contributed by atoms with Crippen LogP contribution in [0.4, 0.5) is 14.5 Å². The Hall–Kier alpha value is -2.99. The fourth-order valence-corrected chi connectivity index (χ4v) is 4.28. The van der Waals surface area contributed by atoms with Gasteiger partial charge in [-0.1, -0.05) is 23.7 Å². The van der Waals surface area contributed by atoms with Gasteiger partial charge in [-0.2, -0.15) is 0 Å². The summed E-state index contributed by atoms with van der Waals surface area (Å²) in [6, 6.07) is 9.95. The number of rotatable bonds is 3. The zero-order valence-electron chi connectivity index (χ0n) is 16.2. The minimum Gasteiger partial charge on any atom is -0.362 e. The maximum Gasteiger partial charge on any atom is 0.254 e. The molecule has 2 aromatic carbocycles. The SMILES string of the molecule is CC1=C(C(=O)Nc2ccc(F)cc2F)[C@H](c2cccc(Cl)c2)C2=C(CCCC2=O)N1. The Labute approximate surface area is 177 Å². The standard InChI is InChI=1S/C23H19ClF2N2O2/c1-12-20(23(30)28-17-9-8-15(25)11-16(17)26)21(13-4-2-5-14(24)10-13)22-18(27-12)6-3-7-19(22)29/h2,4-5,8-11,21,27H,3,6-7H2,1H3,(H,28,30)/t21-/m0/s1. The highest BCUT2D eigenvalue weighted by atomic mass is 35.5. The van der Waals surface area contributed by atoms with Crippen LogP contribution in [0.2, 0.25) is 5.02 Å². The molecule has 1 heterocycles. The van der Waals surface area contributed by atoms with Crippen molar-refractivity contribution < 1.29 is 18.4 Å². The first kappa shape index (κ1) is 20.3. The van der Waals surface area contributed by atoms with Gasteiger partial charge in [-0.15, -0.1) is 0 Å². The Morgan fingerprint density at radius 1 is 1.17 bits per heavy atom. The van der Waals surface area contributed by atoms with Crippen molar-refractivity contribution >= 4 is 29.0 Å². The lowest BCUT2D eigenvalue weighted by atomic mass is 9.75. The molecule has 0 fully saturated rings. The van der Waals surface area contributed by atoms with Crippen LogP contribution in [-0.4, -0.2) is 11.7 Å². The third-order valence-corrected chi connectivity index (χ3v) is 5.62. The first-order valence-corrected chi connectivity index (χ1v) is 9.99. The van der Waals surface area contributed by atoms with E-state index in [1.807, 2.05) is 6.07 Å². The summed E-state index contributed by atoms with van der Waals surface area (Å²) < 4.78 is 27.3. The molecule has 0 unspecified atom stereocenters. The monoisotopic (exact) mass is 428 g/mol. The fourth-order valence-electron chi connectivity index (χ4n) is 4.08. The van der Waals surface area contributed by atoms with Gasteiger partial charge < -0.3 is 10.6 Å². The number of benzene rings is 2. The lowest BCUT2D eigenvalue weighted by Crippen LogP contribution is -2.35. The number of dihydropyridines is 1. The van der Waals surface area contributed by atoms with Crippen molar-refractivity contribution in [3.05, 3.63) is 87.2 Å². The third kappa shape index (κ3) is 3.75. The Kier molecular flexibility index (Phi) is 5.43. The highest BCUT2D eigenvalue weighted by molar-refractivity contribution is 6.30. The highest BCUT2D eigenvalue weighted by Gasteiger charge is 2.38. The number of carbonyl (C=O) groups is 2. The number of nitrogens with one attached hydrogen (secondary N) is 2. The average molecular weight is 429 g/mol. The largest absolute Gasteiger partial charge is 0.362 e. The highest BCUT2D eigenvalue weighted by Crippen LogP contribution is 2.43. The molecule has 0 saturated heterocycles. The molecule has 1 aliphatic carbocycles. The molecule has 0 aromatic heterocycles. The number of Topliss-reactive ketones (excluding diaryl/α,β-unsaturated/α-hetero) is 1. The van der Waals surface area contributed by atoms with Crippen molar-refractivity contribution in [3.8, 4) is 0 Å². The molecule has 1 amide bonds. The van der Waals surface area contributed by atoms with E-state index in [-0.39, 0.29) is 11.5 Å². The van der Waals surface area contributed by atoms with Crippen molar-refractivity contribution in [1.29, 1.82) is 0 Å². The van der Waals surface area contributed by atoms with E-state index in [1.165, 1.54) is 6.07 Å². The molecule has 7 heteroatoms. The minimum atomic E-state index is -0.877. The van der Waals surface area contributed by atoms with Gasteiger partial charge >= 0.3 is 0 Å². The predicted molar refractivity (Wildman–Crippen MR) is 111 cm³/mol. The second kappa shape index (κ2) is 8.03. The number of ketones is 1. The van der Waals surface area contributed by atoms with E-state index in [0.29, 0.717) is 46.3 Å². The molecule has 0 radical (unpaired) electrons. The van der Waals surface area contributed by atoms with Crippen molar-refractivity contribution in [2.75, 3.05) is 5.32 Å². The molecule has 30 heavy (non-hydrogen) atoms. The summed E-state index contributed by atoms with van der Waals surface area (Å²) in [5.41, 5.74) is 2.79. The van der Waals surface area contributed by atoms with Crippen LogP contribution >= 0.6 is 11.6 Å². The maximum absolute atomic E-state index is 14.1. The Bertz CT molecular complexity index is 1120. The van der Waals surface area contributed by atoms with Gasteiger partial charge in [-0.05, 0) is 49.6 Å². The smallest absolute Gasteiger partial charge is 0.254 e. The summed E-state index contributed by atoms with van der Waals surface area (Å²) in [7, 11) is 0. The number of hydrogen-bond donors (Lipinski definition) is 2. The van der Waals surface area contributed by atoms with Crippen LogP contribution in [-0.2, 0) is 9.59 Å². The van der Waals surface area contributed by atoms with Gasteiger partial charge in [0.2, 0.25) is 0 Å². The molecule has 0 bridgehead atoms. The quantitative estimate of drug-likeness (QED) is 0.704. The maximum atomic E-state index is 14.1. The van der Waals surface area contributed by atoms with E-state index in [9.17, 15) is 18.4 Å². The topological polar surface area (TPSA) is 58.2 Å². The molecule has 0 saturated carbocycles. The van der Waals surface area contributed by atoms with Crippen molar-refractivity contribution in [1.82, 2.24) is 5.32 Å². The lowest BCUT2D eigenvalue weighted by molar-refractivity contribution is -0.116. The summed E-state index contributed by atoms with van der Waals surface area (Å²) in [6.07, 6.45) is 1.84. The van der Waals surface area contributed by atoms with E-state index < -0.39 is 23.5 Å². The number of amides is 1. The molecule has 4 nitrogen and oxygen atoms in total.